The van der Waals surface area contributed by atoms with Crippen molar-refractivity contribution in [2.24, 2.45) is 0 Å². The zero-order valence-corrected chi connectivity index (χ0v) is 9.93. The molecule has 7 heteroatoms. The molecule has 1 atom stereocenters. The average Bonchev–Trinajstić information content (AvgIpc) is 2.28. The van der Waals surface area contributed by atoms with Gasteiger partial charge in [-0.25, -0.2) is 4.98 Å². The fraction of sp³-hybridized carbons (Fsp3) is 0.273. The van der Waals surface area contributed by atoms with Crippen LogP contribution in [-0.2, 0) is 9.59 Å². The van der Waals surface area contributed by atoms with Gasteiger partial charge in [0.05, 0.1) is 0 Å². The van der Waals surface area contributed by atoms with Crippen molar-refractivity contribution in [2.45, 2.75) is 19.9 Å². The first-order valence-corrected chi connectivity index (χ1v) is 5.17. The van der Waals surface area contributed by atoms with Gasteiger partial charge in [-0.2, -0.15) is 0 Å². The van der Waals surface area contributed by atoms with Gasteiger partial charge >= 0.3 is 5.97 Å². The van der Waals surface area contributed by atoms with Gasteiger partial charge in [0.2, 0.25) is 5.91 Å². The molecule has 0 aromatic carbocycles. The predicted molar refractivity (Wildman–Crippen MR) is 63.1 cm³/mol. The highest BCUT2D eigenvalue weighted by Gasteiger charge is 2.15. The zero-order valence-electron chi connectivity index (χ0n) is 9.93. The molecule has 2 amide bonds. The molecule has 0 radical (unpaired) electrons. The molecule has 18 heavy (non-hydrogen) atoms. The first-order valence-electron chi connectivity index (χ1n) is 5.17. The van der Waals surface area contributed by atoms with Crippen molar-refractivity contribution in [3.63, 3.8) is 0 Å². The van der Waals surface area contributed by atoms with Crippen molar-refractivity contribution in [1.29, 1.82) is 0 Å². The summed E-state index contributed by atoms with van der Waals surface area (Å²) in [7, 11) is 0. The molecule has 1 heterocycles. The second kappa shape index (κ2) is 5.76. The fourth-order valence-corrected chi connectivity index (χ4v) is 1.16. The molecule has 0 bridgehead atoms. The Hall–Kier alpha value is -2.44. The summed E-state index contributed by atoms with van der Waals surface area (Å²) in [6.07, 6.45) is 1.35. The maximum atomic E-state index is 11.7. The first-order chi connectivity index (χ1) is 8.40. The number of hydrogen-bond donors (Lipinski definition) is 3. The molecular formula is C11H13N3O4. The van der Waals surface area contributed by atoms with Crippen LogP contribution in [0.4, 0.5) is 5.82 Å². The van der Waals surface area contributed by atoms with Gasteiger partial charge in [0.25, 0.3) is 5.91 Å². The Balaban J connectivity index is 2.80. The van der Waals surface area contributed by atoms with Crippen LogP contribution in [0.15, 0.2) is 18.3 Å². The topological polar surface area (TPSA) is 108 Å². The average molecular weight is 251 g/mol. The molecule has 0 fully saturated rings. The van der Waals surface area contributed by atoms with E-state index in [2.05, 4.69) is 15.6 Å². The third kappa shape index (κ3) is 3.85. The number of amides is 2. The lowest BCUT2D eigenvalue weighted by atomic mass is 10.2. The van der Waals surface area contributed by atoms with Crippen LogP contribution in [-0.4, -0.2) is 33.9 Å². The summed E-state index contributed by atoms with van der Waals surface area (Å²) in [4.78, 5) is 37.0. The van der Waals surface area contributed by atoms with E-state index in [1.165, 1.54) is 32.2 Å². The van der Waals surface area contributed by atoms with E-state index in [9.17, 15) is 14.4 Å². The van der Waals surface area contributed by atoms with Crippen LogP contribution in [0.3, 0.4) is 0 Å². The van der Waals surface area contributed by atoms with Crippen LogP contribution < -0.4 is 10.6 Å². The van der Waals surface area contributed by atoms with Crippen LogP contribution in [0.2, 0.25) is 0 Å². The molecule has 7 nitrogen and oxygen atoms in total. The molecule has 1 aromatic heterocycles. The molecular weight excluding hydrogens is 238 g/mol. The smallest absolute Gasteiger partial charge is 0.325 e. The third-order valence-electron chi connectivity index (χ3n) is 2.04. The van der Waals surface area contributed by atoms with Gasteiger partial charge in [0, 0.05) is 18.7 Å². The van der Waals surface area contributed by atoms with Crippen molar-refractivity contribution >= 4 is 23.6 Å². The second-order valence-electron chi connectivity index (χ2n) is 3.64. The highest BCUT2D eigenvalue weighted by Crippen LogP contribution is 2.07. The largest absolute Gasteiger partial charge is 0.480 e. The number of carboxylic acids is 1. The predicted octanol–water partition coefficient (Wildman–Crippen LogP) is 0.243. The maximum absolute atomic E-state index is 11.7. The number of aliphatic carboxylic acids is 1. The van der Waals surface area contributed by atoms with Gasteiger partial charge in [0.1, 0.15) is 11.9 Å². The molecule has 0 saturated carbocycles. The van der Waals surface area contributed by atoms with Crippen LogP contribution in [0.25, 0.3) is 0 Å². The minimum absolute atomic E-state index is 0.224. The Kier molecular flexibility index (Phi) is 4.36. The highest BCUT2D eigenvalue weighted by molar-refractivity contribution is 5.97. The summed E-state index contributed by atoms with van der Waals surface area (Å²) >= 11 is 0. The molecule has 0 saturated heterocycles. The Morgan fingerprint density at radius 2 is 2.06 bits per heavy atom. The number of nitrogens with zero attached hydrogens (tertiary/aromatic N) is 1. The number of nitrogens with one attached hydrogen (secondary N) is 2. The number of hydrogen-bond acceptors (Lipinski definition) is 4. The quantitative estimate of drug-likeness (QED) is 0.710. The lowest BCUT2D eigenvalue weighted by molar-refractivity contribution is -0.138. The monoisotopic (exact) mass is 251 g/mol. The number of aromatic nitrogens is 1. The fourth-order valence-electron chi connectivity index (χ4n) is 1.16. The highest BCUT2D eigenvalue weighted by atomic mass is 16.4. The van der Waals surface area contributed by atoms with E-state index >= 15 is 0 Å². The van der Waals surface area contributed by atoms with Crippen molar-refractivity contribution in [2.75, 3.05) is 5.32 Å². The summed E-state index contributed by atoms with van der Waals surface area (Å²) in [6, 6.07) is 1.80. The van der Waals surface area contributed by atoms with Crippen LogP contribution in [0, 0.1) is 0 Å². The minimum atomic E-state index is -1.13. The number of carboxylic acid groups (broad SMARTS) is 1. The van der Waals surface area contributed by atoms with Gasteiger partial charge in [-0.05, 0) is 19.1 Å². The number of anilines is 1. The standard InChI is InChI=1S/C11H13N3O4/c1-6(11(17)18)13-10(16)8-3-4-12-9(5-8)14-7(2)15/h3-6H,1-2H3,(H,13,16)(H,17,18)(H,12,14,15). The van der Waals surface area contributed by atoms with Crippen LogP contribution in [0.1, 0.15) is 24.2 Å². The van der Waals surface area contributed by atoms with Gasteiger partial charge in [-0.1, -0.05) is 0 Å². The normalized spacial score (nSPS) is 11.4. The third-order valence-corrected chi connectivity index (χ3v) is 2.04. The molecule has 3 N–H and O–H groups in total. The summed E-state index contributed by atoms with van der Waals surface area (Å²) in [6.45, 7) is 2.68. The van der Waals surface area contributed by atoms with E-state index < -0.39 is 17.9 Å². The second-order valence-corrected chi connectivity index (χ2v) is 3.64. The number of carbonyl (C=O) groups excluding carboxylic acids is 2. The summed E-state index contributed by atoms with van der Waals surface area (Å²) in [5, 5.41) is 13.4. The Bertz CT molecular complexity index is 487. The molecule has 0 spiro atoms. The summed E-state index contributed by atoms with van der Waals surface area (Å²) < 4.78 is 0. The lowest BCUT2D eigenvalue weighted by Gasteiger charge is -2.09. The molecule has 1 unspecified atom stereocenters. The molecule has 1 rings (SSSR count). The van der Waals surface area contributed by atoms with E-state index in [-0.39, 0.29) is 17.3 Å². The van der Waals surface area contributed by atoms with E-state index in [1.54, 1.807) is 0 Å². The number of pyridine rings is 1. The number of rotatable bonds is 4. The lowest BCUT2D eigenvalue weighted by Crippen LogP contribution is -2.38. The van der Waals surface area contributed by atoms with Gasteiger partial charge < -0.3 is 15.7 Å². The zero-order chi connectivity index (χ0) is 13.7. The Morgan fingerprint density at radius 3 is 2.61 bits per heavy atom. The molecule has 0 aliphatic heterocycles. The molecule has 1 aromatic rings. The van der Waals surface area contributed by atoms with E-state index in [0.29, 0.717) is 0 Å². The summed E-state index contributed by atoms with van der Waals surface area (Å²) in [5.74, 6) is -1.74. The van der Waals surface area contributed by atoms with Crippen molar-refractivity contribution in [1.82, 2.24) is 10.3 Å². The first kappa shape index (κ1) is 13.6. The molecule has 0 aliphatic carbocycles. The Labute approximate surface area is 103 Å². The molecule has 96 valence electrons. The van der Waals surface area contributed by atoms with Gasteiger partial charge in [-0.3, -0.25) is 14.4 Å². The minimum Gasteiger partial charge on any atom is -0.480 e. The van der Waals surface area contributed by atoms with Crippen LogP contribution >= 0.6 is 0 Å². The number of carbonyl (C=O) groups is 3. The maximum Gasteiger partial charge on any atom is 0.325 e. The SMILES string of the molecule is CC(=O)Nc1cc(C(=O)NC(C)C(=O)O)ccn1. The summed E-state index contributed by atoms with van der Waals surface area (Å²) in [5.41, 5.74) is 0.224. The molecule has 0 aliphatic rings. The Morgan fingerprint density at radius 1 is 1.39 bits per heavy atom. The van der Waals surface area contributed by atoms with Gasteiger partial charge in [-0.15, -0.1) is 0 Å². The van der Waals surface area contributed by atoms with E-state index in [4.69, 9.17) is 5.11 Å². The van der Waals surface area contributed by atoms with Crippen molar-refractivity contribution in [3.8, 4) is 0 Å². The van der Waals surface area contributed by atoms with Crippen molar-refractivity contribution < 1.29 is 19.5 Å². The van der Waals surface area contributed by atoms with Crippen LogP contribution in [0.5, 0.6) is 0 Å². The van der Waals surface area contributed by atoms with E-state index in [1.807, 2.05) is 0 Å². The van der Waals surface area contributed by atoms with Gasteiger partial charge in [0.15, 0.2) is 0 Å². The van der Waals surface area contributed by atoms with Crippen molar-refractivity contribution in [3.05, 3.63) is 23.9 Å². The van der Waals surface area contributed by atoms with E-state index in [0.717, 1.165) is 0 Å².